The summed E-state index contributed by atoms with van der Waals surface area (Å²) in [6.45, 7) is 13.6. The van der Waals surface area contributed by atoms with Crippen LogP contribution in [0.15, 0.2) is 24.5 Å². The second-order valence-corrected chi connectivity index (χ2v) is 9.48. The third-order valence-electron chi connectivity index (χ3n) is 4.07. The first-order chi connectivity index (χ1) is 13.9. The zero-order valence-corrected chi connectivity index (χ0v) is 19.5. The first kappa shape index (κ1) is 23.9. The molecule has 7 nitrogen and oxygen atoms in total. The number of pyridine rings is 1. The molecule has 2 aromatic heterocycles. The van der Waals surface area contributed by atoms with Gasteiger partial charge in [-0.15, -0.1) is 0 Å². The van der Waals surface area contributed by atoms with Crippen molar-refractivity contribution in [2.45, 2.75) is 66.0 Å². The molecular formula is C22H31ClN4O3. The van der Waals surface area contributed by atoms with Crippen LogP contribution in [0.4, 0.5) is 4.79 Å². The fourth-order valence-corrected chi connectivity index (χ4v) is 3.33. The number of hydrogen-bond acceptors (Lipinski definition) is 6. The van der Waals surface area contributed by atoms with Crippen LogP contribution in [0.5, 0.6) is 5.88 Å². The Morgan fingerprint density at radius 2 is 1.93 bits per heavy atom. The van der Waals surface area contributed by atoms with E-state index in [-0.39, 0.29) is 6.61 Å². The molecule has 0 aliphatic heterocycles. The Morgan fingerprint density at radius 1 is 1.23 bits per heavy atom. The van der Waals surface area contributed by atoms with E-state index in [9.17, 15) is 4.79 Å². The van der Waals surface area contributed by atoms with Gasteiger partial charge in [-0.3, -0.25) is 0 Å². The highest BCUT2D eigenvalue weighted by Crippen LogP contribution is 2.28. The maximum absolute atomic E-state index is 12.3. The third kappa shape index (κ3) is 7.44. The molecule has 1 unspecified atom stereocenters. The van der Waals surface area contributed by atoms with Gasteiger partial charge >= 0.3 is 6.09 Å². The molecule has 1 N–H and O–H groups in total. The summed E-state index contributed by atoms with van der Waals surface area (Å²) in [6.07, 6.45) is 3.56. The molecule has 0 spiro atoms. The lowest BCUT2D eigenvalue weighted by Crippen LogP contribution is -2.52. The first-order valence-corrected chi connectivity index (χ1v) is 10.3. The Balaban J connectivity index is 2.13. The standard InChI is InChI=1S/C22H31ClN4O3/c1-14(2)11-22(7,27-20(28)30-21(4,5)6)13-29-19-17(23)10-16(12-25-19)18-8-9-24-15(3)26-18/h8-10,12,14H,11,13H2,1-7H3,(H,27,28). The van der Waals surface area contributed by atoms with Crippen LogP contribution in [0.2, 0.25) is 5.02 Å². The molecule has 0 bridgehead atoms. The van der Waals surface area contributed by atoms with Crippen molar-refractivity contribution < 1.29 is 14.3 Å². The van der Waals surface area contributed by atoms with Crippen LogP contribution in [0.3, 0.4) is 0 Å². The second-order valence-electron chi connectivity index (χ2n) is 9.07. The summed E-state index contributed by atoms with van der Waals surface area (Å²) in [5.41, 5.74) is 0.280. The van der Waals surface area contributed by atoms with Crippen molar-refractivity contribution in [1.82, 2.24) is 20.3 Å². The number of hydrogen-bond donors (Lipinski definition) is 1. The van der Waals surface area contributed by atoms with Gasteiger partial charge in [-0.1, -0.05) is 25.4 Å². The van der Waals surface area contributed by atoms with Crippen molar-refractivity contribution in [2.24, 2.45) is 5.92 Å². The van der Waals surface area contributed by atoms with Crippen molar-refractivity contribution >= 4 is 17.7 Å². The number of rotatable bonds is 7. The number of carbonyl (C=O) groups excluding carboxylic acids is 1. The van der Waals surface area contributed by atoms with Crippen molar-refractivity contribution in [2.75, 3.05) is 6.61 Å². The molecule has 0 aliphatic carbocycles. The largest absolute Gasteiger partial charge is 0.474 e. The van der Waals surface area contributed by atoms with Crippen molar-refractivity contribution in [3.63, 3.8) is 0 Å². The van der Waals surface area contributed by atoms with E-state index < -0.39 is 17.2 Å². The van der Waals surface area contributed by atoms with E-state index in [1.54, 1.807) is 24.5 Å². The number of ether oxygens (including phenoxy) is 2. The van der Waals surface area contributed by atoms with E-state index in [4.69, 9.17) is 21.1 Å². The number of halogens is 1. The van der Waals surface area contributed by atoms with E-state index in [2.05, 4.69) is 34.1 Å². The normalized spacial score (nSPS) is 13.6. The van der Waals surface area contributed by atoms with E-state index in [1.165, 1.54) is 0 Å². The molecule has 0 saturated carbocycles. The monoisotopic (exact) mass is 434 g/mol. The molecule has 0 aromatic carbocycles. The fraction of sp³-hybridized carbons (Fsp3) is 0.545. The molecule has 0 fully saturated rings. The van der Waals surface area contributed by atoms with E-state index in [0.717, 1.165) is 11.3 Å². The predicted octanol–water partition coefficient (Wildman–Crippen LogP) is 5.21. The van der Waals surface area contributed by atoms with Crippen molar-refractivity contribution in [3.8, 4) is 17.1 Å². The molecule has 1 amide bonds. The Hall–Kier alpha value is -2.41. The summed E-state index contributed by atoms with van der Waals surface area (Å²) in [5.74, 6) is 1.30. The lowest BCUT2D eigenvalue weighted by atomic mass is 9.91. The van der Waals surface area contributed by atoms with Crippen LogP contribution in [-0.4, -0.2) is 38.8 Å². The maximum Gasteiger partial charge on any atom is 0.408 e. The molecule has 2 rings (SSSR count). The number of amides is 1. The summed E-state index contributed by atoms with van der Waals surface area (Å²) in [6, 6.07) is 3.55. The van der Waals surface area contributed by atoms with E-state index in [0.29, 0.717) is 29.1 Å². The quantitative estimate of drug-likeness (QED) is 0.643. The first-order valence-electron chi connectivity index (χ1n) is 9.96. The lowest BCUT2D eigenvalue weighted by Gasteiger charge is -2.33. The molecule has 8 heteroatoms. The topological polar surface area (TPSA) is 86.2 Å². The lowest BCUT2D eigenvalue weighted by molar-refractivity contribution is 0.0406. The number of carbonyl (C=O) groups is 1. The SMILES string of the molecule is Cc1nccc(-c2cnc(OCC(C)(CC(C)C)NC(=O)OC(C)(C)C)c(Cl)c2)n1. The van der Waals surface area contributed by atoms with Crippen LogP contribution in [0, 0.1) is 12.8 Å². The van der Waals surface area contributed by atoms with Gasteiger partial charge in [-0.25, -0.2) is 19.7 Å². The van der Waals surface area contributed by atoms with E-state index in [1.807, 2.05) is 34.6 Å². The number of nitrogens with zero attached hydrogens (tertiary/aromatic N) is 3. The molecule has 30 heavy (non-hydrogen) atoms. The second kappa shape index (κ2) is 9.60. The number of aromatic nitrogens is 3. The van der Waals surface area contributed by atoms with Crippen LogP contribution >= 0.6 is 11.6 Å². The smallest absolute Gasteiger partial charge is 0.408 e. The summed E-state index contributed by atoms with van der Waals surface area (Å²) < 4.78 is 11.3. The number of nitrogens with one attached hydrogen (secondary N) is 1. The van der Waals surface area contributed by atoms with Gasteiger partial charge in [0.15, 0.2) is 0 Å². The Morgan fingerprint density at radius 3 is 2.50 bits per heavy atom. The molecule has 0 radical (unpaired) electrons. The van der Waals surface area contributed by atoms with Gasteiger partial charge in [-0.2, -0.15) is 0 Å². The molecule has 2 heterocycles. The van der Waals surface area contributed by atoms with Gasteiger partial charge in [0.05, 0.1) is 11.2 Å². The van der Waals surface area contributed by atoms with Gasteiger partial charge < -0.3 is 14.8 Å². The summed E-state index contributed by atoms with van der Waals surface area (Å²) in [7, 11) is 0. The van der Waals surface area contributed by atoms with Gasteiger partial charge in [-0.05, 0) is 59.1 Å². The van der Waals surface area contributed by atoms with Gasteiger partial charge in [0.2, 0.25) is 5.88 Å². The highest BCUT2D eigenvalue weighted by Gasteiger charge is 2.31. The summed E-state index contributed by atoms with van der Waals surface area (Å²) in [4.78, 5) is 25.1. The molecule has 2 aromatic rings. The summed E-state index contributed by atoms with van der Waals surface area (Å²) in [5, 5.41) is 3.31. The van der Waals surface area contributed by atoms with Gasteiger partial charge in [0.25, 0.3) is 0 Å². The number of aryl methyl sites for hydroxylation is 1. The molecule has 0 saturated heterocycles. The molecule has 164 valence electrons. The maximum atomic E-state index is 12.3. The third-order valence-corrected chi connectivity index (χ3v) is 4.34. The van der Waals surface area contributed by atoms with Gasteiger partial charge in [0.1, 0.15) is 23.1 Å². The fourth-order valence-electron chi connectivity index (χ4n) is 3.11. The minimum atomic E-state index is -0.649. The predicted molar refractivity (Wildman–Crippen MR) is 118 cm³/mol. The Labute approximate surface area is 183 Å². The van der Waals surface area contributed by atoms with Crippen LogP contribution in [0.1, 0.15) is 53.8 Å². The summed E-state index contributed by atoms with van der Waals surface area (Å²) >= 11 is 6.40. The highest BCUT2D eigenvalue weighted by atomic mass is 35.5. The Kier molecular flexibility index (Phi) is 7.64. The van der Waals surface area contributed by atoms with Crippen LogP contribution in [0.25, 0.3) is 11.3 Å². The number of alkyl carbamates (subject to hydrolysis) is 1. The molecular weight excluding hydrogens is 404 g/mol. The highest BCUT2D eigenvalue weighted by molar-refractivity contribution is 6.32. The van der Waals surface area contributed by atoms with Crippen molar-refractivity contribution in [3.05, 3.63) is 35.4 Å². The zero-order valence-electron chi connectivity index (χ0n) is 18.7. The average molecular weight is 435 g/mol. The molecule has 0 aliphatic rings. The molecule has 1 atom stereocenters. The van der Waals surface area contributed by atoms with E-state index >= 15 is 0 Å². The minimum Gasteiger partial charge on any atom is -0.474 e. The Bertz CT molecular complexity index is 883. The van der Waals surface area contributed by atoms with Crippen LogP contribution in [-0.2, 0) is 4.74 Å². The minimum absolute atomic E-state index is 0.198. The van der Waals surface area contributed by atoms with Crippen molar-refractivity contribution in [1.29, 1.82) is 0 Å². The van der Waals surface area contributed by atoms with Crippen LogP contribution < -0.4 is 10.1 Å². The van der Waals surface area contributed by atoms with Gasteiger partial charge in [0, 0.05) is 18.0 Å². The zero-order chi connectivity index (χ0) is 22.5. The average Bonchev–Trinajstić information content (AvgIpc) is 2.58.